The smallest absolute Gasteiger partial charge is 0.166 e. The van der Waals surface area contributed by atoms with Gasteiger partial charge < -0.3 is 0 Å². The third-order valence-corrected chi connectivity index (χ3v) is 3.62. The zero-order chi connectivity index (χ0) is 11.2. The molecule has 1 heteroatoms. The molecule has 0 fully saturated rings. The minimum Gasteiger partial charge on any atom is -0.294 e. The first kappa shape index (κ1) is 10.4. The van der Waals surface area contributed by atoms with Gasteiger partial charge >= 0.3 is 0 Å². The van der Waals surface area contributed by atoms with Crippen molar-refractivity contribution in [1.82, 2.24) is 0 Å². The highest BCUT2D eigenvalue weighted by Gasteiger charge is 2.30. The molecule has 0 radical (unpaired) electrons. The Balaban J connectivity index is 2.60. The SMILES string of the molecule is Cc1cc(C)c2c(c1)CC(C)C(C)C2=O. The van der Waals surface area contributed by atoms with Crippen LogP contribution in [0.2, 0.25) is 0 Å². The summed E-state index contributed by atoms with van der Waals surface area (Å²) in [5, 5.41) is 0. The third kappa shape index (κ3) is 1.60. The van der Waals surface area contributed by atoms with Gasteiger partial charge in [-0.3, -0.25) is 4.79 Å². The molecule has 1 aromatic rings. The molecule has 15 heavy (non-hydrogen) atoms. The van der Waals surface area contributed by atoms with Gasteiger partial charge in [0.1, 0.15) is 0 Å². The summed E-state index contributed by atoms with van der Waals surface area (Å²) in [5.74, 6) is 0.992. The number of benzene rings is 1. The molecule has 2 unspecified atom stereocenters. The molecule has 1 nitrogen and oxygen atoms in total. The molecule has 0 N–H and O–H groups in total. The molecule has 0 aromatic heterocycles. The first-order valence-electron chi connectivity index (χ1n) is 5.65. The fourth-order valence-electron chi connectivity index (χ4n) is 2.58. The summed E-state index contributed by atoms with van der Waals surface area (Å²) in [5.41, 5.74) is 4.66. The minimum absolute atomic E-state index is 0.180. The van der Waals surface area contributed by atoms with Gasteiger partial charge in [0.15, 0.2) is 5.78 Å². The lowest BCUT2D eigenvalue weighted by Gasteiger charge is -2.28. The maximum Gasteiger partial charge on any atom is 0.166 e. The number of carbonyl (C=O) groups excluding carboxylic acids is 1. The van der Waals surface area contributed by atoms with Crippen LogP contribution in [0.5, 0.6) is 0 Å². The van der Waals surface area contributed by atoms with E-state index < -0.39 is 0 Å². The molecule has 0 amide bonds. The molecule has 0 aliphatic heterocycles. The Hall–Kier alpha value is -1.11. The van der Waals surface area contributed by atoms with Crippen LogP contribution in [-0.2, 0) is 6.42 Å². The van der Waals surface area contributed by atoms with Crippen LogP contribution in [-0.4, -0.2) is 5.78 Å². The van der Waals surface area contributed by atoms with E-state index in [4.69, 9.17) is 0 Å². The van der Waals surface area contributed by atoms with Gasteiger partial charge in [-0.1, -0.05) is 31.5 Å². The summed E-state index contributed by atoms with van der Waals surface area (Å²) in [7, 11) is 0. The zero-order valence-electron chi connectivity index (χ0n) is 9.92. The standard InChI is InChI=1S/C14H18O/c1-8-5-10(3)13-12(6-8)7-9(2)11(4)14(13)15/h5-6,9,11H,7H2,1-4H3. The molecule has 1 aliphatic rings. The summed E-state index contributed by atoms with van der Waals surface area (Å²) >= 11 is 0. The van der Waals surface area contributed by atoms with Gasteiger partial charge in [0.25, 0.3) is 0 Å². The number of Topliss-reactive ketones (excluding diaryl/α,β-unsaturated/α-hetero) is 1. The van der Waals surface area contributed by atoms with Gasteiger partial charge in [-0.05, 0) is 37.3 Å². The molecule has 0 saturated carbocycles. The van der Waals surface area contributed by atoms with E-state index in [0.29, 0.717) is 11.7 Å². The summed E-state index contributed by atoms with van der Waals surface area (Å²) < 4.78 is 0. The molecule has 0 saturated heterocycles. The predicted octanol–water partition coefficient (Wildman–Crippen LogP) is 3.31. The number of ketones is 1. The predicted molar refractivity (Wildman–Crippen MR) is 62.3 cm³/mol. The van der Waals surface area contributed by atoms with Crippen molar-refractivity contribution >= 4 is 5.78 Å². The Labute approximate surface area is 91.5 Å². The van der Waals surface area contributed by atoms with Gasteiger partial charge in [0.05, 0.1) is 0 Å². The zero-order valence-corrected chi connectivity index (χ0v) is 9.92. The largest absolute Gasteiger partial charge is 0.294 e. The van der Waals surface area contributed by atoms with Gasteiger partial charge in [0.2, 0.25) is 0 Å². The molecular weight excluding hydrogens is 184 g/mol. The Kier molecular flexibility index (Phi) is 2.41. The topological polar surface area (TPSA) is 17.1 Å². The van der Waals surface area contributed by atoms with Crippen LogP contribution in [0.4, 0.5) is 0 Å². The van der Waals surface area contributed by atoms with E-state index in [1.165, 1.54) is 11.1 Å². The fourth-order valence-corrected chi connectivity index (χ4v) is 2.58. The Morgan fingerprint density at radius 2 is 1.87 bits per heavy atom. The van der Waals surface area contributed by atoms with Crippen molar-refractivity contribution in [1.29, 1.82) is 0 Å². The van der Waals surface area contributed by atoms with E-state index in [9.17, 15) is 4.79 Å². The lowest BCUT2D eigenvalue weighted by molar-refractivity contribution is 0.0876. The molecule has 2 atom stereocenters. The molecule has 1 aromatic carbocycles. The lowest BCUT2D eigenvalue weighted by atomic mass is 9.75. The van der Waals surface area contributed by atoms with Gasteiger partial charge in [-0.25, -0.2) is 0 Å². The Bertz CT molecular complexity index is 418. The quantitative estimate of drug-likeness (QED) is 0.630. The second-order valence-corrected chi connectivity index (χ2v) is 4.95. The first-order valence-corrected chi connectivity index (χ1v) is 5.65. The molecule has 0 spiro atoms. The second kappa shape index (κ2) is 3.48. The van der Waals surface area contributed by atoms with E-state index in [0.717, 1.165) is 17.5 Å². The van der Waals surface area contributed by atoms with Crippen LogP contribution < -0.4 is 0 Å². The van der Waals surface area contributed by atoms with Crippen molar-refractivity contribution in [3.63, 3.8) is 0 Å². The molecule has 2 rings (SSSR count). The van der Waals surface area contributed by atoms with E-state index >= 15 is 0 Å². The monoisotopic (exact) mass is 202 g/mol. The molecule has 0 bridgehead atoms. The number of hydrogen-bond acceptors (Lipinski definition) is 1. The lowest BCUT2D eigenvalue weighted by Crippen LogP contribution is -2.28. The van der Waals surface area contributed by atoms with Crippen LogP contribution in [0.15, 0.2) is 12.1 Å². The van der Waals surface area contributed by atoms with E-state index in [1.807, 2.05) is 6.92 Å². The van der Waals surface area contributed by atoms with E-state index in [-0.39, 0.29) is 5.92 Å². The number of fused-ring (bicyclic) bond motifs is 1. The van der Waals surface area contributed by atoms with E-state index in [2.05, 4.69) is 32.9 Å². The Morgan fingerprint density at radius 1 is 1.20 bits per heavy atom. The molecule has 0 heterocycles. The summed E-state index contributed by atoms with van der Waals surface area (Å²) in [6, 6.07) is 4.28. The normalized spacial score (nSPS) is 25.2. The fraction of sp³-hybridized carbons (Fsp3) is 0.500. The van der Waals surface area contributed by atoms with Gasteiger partial charge in [-0.2, -0.15) is 0 Å². The van der Waals surface area contributed by atoms with Crippen molar-refractivity contribution in [3.05, 3.63) is 34.4 Å². The summed E-state index contributed by atoms with van der Waals surface area (Å²) in [4.78, 5) is 12.2. The minimum atomic E-state index is 0.180. The van der Waals surface area contributed by atoms with Crippen LogP contribution in [0.1, 0.15) is 40.9 Å². The number of carbonyl (C=O) groups is 1. The Morgan fingerprint density at radius 3 is 2.53 bits per heavy atom. The van der Waals surface area contributed by atoms with Crippen LogP contribution in [0.3, 0.4) is 0 Å². The number of hydrogen-bond donors (Lipinski definition) is 0. The maximum absolute atomic E-state index is 12.2. The third-order valence-electron chi connectivity index (χ3n) is 3.62. The highest BCUT2D eigenvalue weighted by molar-refractivity contribution is 6.01. The number of rotatable bonds is 0. The molecule has 80 valence electrons. The molecule has 1 aliphatic carbocycles. The van der Waals surface area contributed by atoms with Crippen LogP contribution in [0, 0.1) is 25.7 Å². The van der Waals surface area contributed by atoms with Crippen molar-refractivity contribution in [2.24, 2.45) is 11.8 Å². The van der Waals surface area contributed by atoms with Crippen molar-refractivity contribution < 1.29 is 4.79 Å². The van der Waals surface area contributed by atoms with Crippen LogP contribution in [0.25, 0.3) is 0 Å². The average Bonchev–Trinajstić information content (AvgIpc) is 2.13. The summed E-state index contributed by atoms with van der Waals surface area (Å²) in [6.45, 7) is 8.37. The van der Waals surface area contributed by atoms with Crippen molar-refractivity contribution in [3.8, 4) is 0 Å². The number of aryl methyl sites for hydroxylation is 2. The van der Waals surface area contributed by atoms with Crippen molar-refractivity contribution in [2.75, 3.05) is 0 Å². The highest BCUT2D eigenvalue weighted by Crippen LogP contribution is 2.32. The van der Waals surface area contributed by atoms with Crippen molar-refractivity contribution in [2.45, 2.75) is 34.1 Å². The van der Waals surface area contributed by atoms with Gasteiger partial charge in [0, 0.05) is 11.5 Å². The van der Waals surface area contributed by atoms with E-state index in [1.54, 1.807) is 0 Å². The van der Waals surface area contributed by atoms with Crippen LogP contribution >= 0.6 is 0 Å². The van der Waals surface area contributed by atoms with Gasteiger partial charge in [-0.15, -0.1) is 0 Å². The maximum atomic E-state index is 12.2. The second-order valence-electron chi connectivity index (χ2n) is 4.95. The molecular formula is C14H18O. The summed E-state index contributed by atoms with van der Waals surface area (Å²) in [6.07, 6.45) is 1.05. The first-order chi connectivity index (χ1) is 7.00. The average molecular weight is 202 g/mol. The highest BCUT2D eigenvalue weighted by atomic mass is 16.1.